The highest BCUT2D eigenvalue weighted by molar-refractivity contribution is 6.32. The van der Waals surface area contributed by atoms with Crippen molar-refractivity contribution < 1.29 is 50.1 Å². The van der Waals surface area contributed by atoms with Crippen molar-refractivity contribution in [2.24, 2.45) is 0 Å². The lowest BCUT2D eigenvalue weighted by molar-refractivity contribution is -0.143. The monoisotopic (exact) mass is 615 g/mol. The molecule has 13 heteroatoms. The van der Waals surface area contributed by atoms with Crippen molar-refractivity contribution in [3.05, 3.63) is 81.4 Å². The van der Waals surface area contributed by atoms with Crippen LogP contribution in [0, 0.1) is 6.92 Å². The smallest absolute Gasteiger partial charge is 0.416 e. The third-order valence-corrected chi connectivity index (χ3v) is 7.03. The number of esters is 1. The fraction of sp³-hybridized carbons (Fsp3) is 0.310. The van der Waals surface area contributed by atoms with Gasteiger partial charge in [0.05, 0.1) is 35.8 Å². The van der Waals surface area contributed by atoms with Crippen molar-refractivity contribution in [3.63, 3.8) is 0 Å². The molecule has 1 saturated heterocycles. The first-order valence-electron chi connectivity index (χ1n) is 12.4. The maximum absolute atomic E-state index is 13.5. The minimum Gasteiger partial charge on any atom is -0.496 e. The number of cyclic esters (lactones) is 1. The van der Waals surface area contributed by atoms with Crippen LogP contribution < -0.4 is 9.47 Å². The van der Waals surface area contributed by atoms with E-state index >= 15 is 0 Å². The normalized spacial score (nSPS) is 17.3. The minimum atomic E-state index is -5.05. The van der Waals surface area contributed by atoms with E-state index in [1.54, 1.807) is 25.1 Å². The molecular formula is C29H24ClF6NO5. The number of hydrogen-bond donors (Lipinski definition) is 0. The summed E-state index contributed by atoms with van der Waals surface area (Å²) in [6, 6.07) is 8.41. The number of rotatable bonds is 6. The number of methoxy groups -OCH3 is 1. The minimum absolute atomic E-state index is 0.0192. The Morgan fingerprint density at radius 2 is 1.57 bits per heavy atom. The number of ether oxygens (including phenoxy) is 3. The number of nitrogens with zero attached hydrogens (tertiary/aromatic N) is 1. The van der Waals surface area contributed by atoms with E-state index < -0.39 is 53.3 Å². The lowest BCUT2D eigenvalue weighted by Gasteiger charge is -2.24. The highest BCUT2D eigenvalue weighted by Crippen LogP contribution is 2.43. The third-order valence-electron chi connectivity index (χ3n) is 6.73. The summed E-state index contributed by atoms with van der Waals surface area (Å²) in [6.07, 6.45) is -12.4. The highest BCUT2D eigenvalue weighted by atomic mass is 35.5. The standard InChI is InChI=1S/C29H24ClF6NO5/c1-14-5-6-21(22-11-25(41-16(3)38)23(30)12-24(22)40-4)18(7-14)13-37-15(2)26(42-27(37)39)17-8-19(28(31,32)33)10-20(9-17)29(34,35)36/h5-12,15,26H,13H2,1-4H3/t15-,26-/m0/s1. The van der Waals surface area contributed by atoms with Gasteiger partial charge in [0.15, 0.2) is 0 Å². The van der Waals surface area contributed by atoms with Gasteiger partial charge in [0.2, 0.25) is 0 Å². The Bertz CT molecular complexity index is 1510. The van der Waals surface area contributed by atoms with Gasteiger partial charge in [0.25, 0.3) is 0 Å². The van der Waals surface area contributed by atoms with Crippen molar-refractivity contribution in [2.45, 2.75) is 51.8 Å². The van der Waals surface area contributed by atoms with Gasteiger partial charge in [-0.25, -0.2) is 4.79 Å². The van der Waals surface area contributed by atoms with Crippen LogP contribution in [0.5, 0.6) is 11.5 Å². The molecule has 1 amide bonds. The number of aryl methyl sites for hydroxylation is 1. The predicted molar refractivity (Wildman–Crippen MR) is 140 cm³/mol. The summed E-state index contributed by atoms with van der Waals surface area (Å²) in [7, 11) is 1.41. The zero-order valence-electron chi connectivity index (χ0n) is 22.6. The van der Waals surface area contributed by atoms with E-state index in [1.165, 1.54) is 38.0 Å². The maximum Gasteiger partial charge on any atom is 0.416 e. The Hall–Kier alpha value is -3.93. The van der Waals surface area contributed by atoms with E-state index in [0.717, 1.165) is 5.56 Å². The van der Waals surface area contributed by atoms with Crippen LogP contribution in [-0.2, 0) is 28.4 Å². The van der Waals surface area contributed by atoms with Crippen molar-refractivity contribution in [3.8, 4) is 22.6 Å². The summed E-state index contributed by atoms with van der Waals surface area (Å²) in [5.41, 5.74) is -1.10. The summed E-state index contributed by atoms with van der Waals surface area (Å²) in [6.45, 7) is 4.36. The van der Waals surface area contributed by atoms with Gasteiger partial charge in [-0.2, -0.15) is 26.3 Å². The first-order chi connectivity index (χ1) is 19.5. The number of alkyl halides is 6. The number of hydrogen-bond acceptors (Lipinski definition) is 5. The van der Waals surface area contributed by atoms with Crippen LogP contribution in [0.3, 0.4) is 0 Å². The molecule has 3 aromatic rings. The number of halogens is 7. The molecule has 1 aliphatic rings. The molecule has 3 aromatic carbocycles. The van der Waals surface area contributed by atoms with Crippen LogP contribution >= 0.6 is 11.6 Å². The van der Waals surface area contributed by atoms with E-state index in [2.05, 4.69) is 0 Å². The van der Waals surface area contributed by atoms with E-state index in [0.29, 0.717) is 34.6 Å². The molecule has 0 aromatic heterocycles. The summed E-state index contributed by atoms with van der Waals surface area (Å²) in [4.78, 5) is 25.8. The second-order valence-electron chi connectivity index (χ2n) is 9.75. The molecule has 0 radical (unpaired) electrons. The SMILES string of the molecule is COc1cc(Cl)c(OC(C)=O)cc1-c1ccc(C)cc1CN1C(=O)O[C@H](c2cc(C(F)(F)F)cc(C(F)(F)F)c2)[C@@H]1C. The first kappa shape index (κ1) is 31.0. The van der Waals surface area contributed by atoms with E-state index in [4.69, 9.17) is 25.8 Å². The van der Waals surface area contributed by atoms with Gasteiger partial charge in [0.1, 0.15) is 17.6 Å². The van der Waals surface area contributed by atoms with Crippen LogP contribution in [0.15, 0.2) is 48.5 Å². The highest BCUT2D eigenvalue weighted by Gasteiger charge is 2.43. The predicted octanol–water partition coefficient (Wildman–Crippen LogP) is 8.37. The Balaban J connectivity index is 1.75. The van der Waals surface area contributed by atoms with Crippen molar-refractivity contribution in [1.29, 1.82) is 0 Å². The summed E-state index contributed by atoms with van der Waals surface area (Å²) >= 11 is 6.24. The van der Waals surface area contributed by atoms with Crippen molar-refractivity contribution in [1.82, 2.24) is 4.90 Å². The lowest BCUT2D eigenvalue weighted by atomic mass is 9.95. The van der Waals surface area contributed by atoms with Gasteiger partial charge in [-0.05, 0) is 54.8 Å². The molecule has 224 valence electrons. The van der Waals surface area contributed by atoms with Crippen molar-refractivity contribution in [2.75, 3.05) is 7.11 Å². The Kier molecular flexibility index (Phi) is 8.41. The summed E-state index contributed by atoms with van der Waals surface area (Å²) in [5, 5.41) is 0.110. The number of carbonyl (C=O) groups excluding carboxylic acids is 2. The molecule has 6 nitrogen and oxygen atoms in total. The van der Waals surface area contributed by atoms with Gasteiger partial charge in [-0.3, -0.25) is 9.69 Å². The molecular weight excluding hydrogens is 592 g/mol. The molecule has 4 rings (SSSR count). The zero-order chi connectivity index (χ0) is 31.1. The van der Waals surface area contributed by atoms with E-state index in [-0.39, 0.29) is 23.4 Å². The molecule has 0 unspecified atom stereocenters. The fourth-order valence-corrected chi connectivity index (χ4v) is 4.94. The second kappa shape index (κ2) is 11.4. The Morgan fingerprint density at radius 3 is 2.12 bits per heavy atom. The topological polar surface area (TPSA) is 65.1 Å². The van der Waals surface area contributed by atoms with Gasteiger partial charge < -0.3 is 14.2 Å². The molecule has 0 aliphatic carbocycles. The molecule has 42 heavy (non-hydrogen) atoms. The summed E-state index contributed by atoms with van der Waals surface area (Å²) < 4.78 is 96.8. The van der Waals surface area contributed by atoms with Crippen LogP contribution in [0.4, 0.5) is 31.1 Å². The largest absolute Gasteiger partial charge is 0.496 e. The summed E-state index contributed by atoms with van der Waals surface area (Å²) in [5.74, 6) is -0.231. The molecule has 2 atom stereocenters. The van der Waals surface area contributed by atoms with E-state index in [1.807, 2.05) is 0 Å². The van der Waals surface area contributed by atoms with Crippen LogP contribution in [0.25, 0.3) is 11.1 Å². The molecule has 0 spiro atoms. The maximum atomic E-state index is 13.5. The number of carbonyl (C=O) groups is 2. The molecule has 1 heterocycles. The van der Waals surface area contributed by atoms with Gasteiger partial charge in [0, 0.05) is 18.6 Å². The van der Waals surface area contributed by atoms with Crippen molar-refractivity contribution >= 4 is 23.7 Å². The molecule has 0 saturated carbocycles. The average molecular weight is 616 g/mol. The number of amides is 1. The average Bonchev–Trinajstić information content (AvgIpc) is 3.17. The second-order valence-corrected chi connectivity index (χ2v) is 10.2. The van der Waals surface area contributed by atoms with Gasteiger partial charge in [-0.15, -0.1) is 0 Å². The fourth-order valence-electron chi connectivity index (χ4n) is 4.75. The number of benzene rings is 3. The molecule has 0 bridgehead atoms. The molecule has 1 fully saturated rings. The molecule has 1 aliphatic heterocycles. The Labute approximate surface area is 241 Å². The van der Waals surface area contributed by atoms with Crippen LogP contribution in [0.2, 0.25) is 5.02 Å². The van der Waals surface area contributed by atoms with Gasteiger partial charge >= 0.3 is 24.4 Å². The van der Waals surface area contributed by atoms with E-state index in [9.17, 15) is 35.9 Å². The third kappa shape index (κ3) is 6.43. The van der Waals surface area contributed by atoms with Crippen LogP contribution in [-0.4, -0.2) is 30.1 Å². The Morgan fingerprint density at radius 1 is 0.952 bits per heavy atom. The van der Waals surface area contributed by atoms with Gasteiger partial charge in [-0.1, -0.05) is 35.4 Å². The lowest BCUT2D eigenvalue weighted by Crippen LogP contribution is -2.31. The molecule has 0 N–H and O–H groups in total. The zero-order valence-corrected chi connectivity index (χ0v) is 23.4. The van der Waals surface area contributed by atoms with Crippen LogP contribution in [0.1, 0.15) is 47.8 Å². The first-order valence-corrected chi connectivity index (χ1v) is 12.8. The quantitative estimate of drug-likeness (QED) is 0.158.